The highest BCUT2D eigenvalue weighted by atomic mass is 32.2. The Morgan fingerprint density at radius 3 is 2.48 bits per heavy atom. The zero-order valence-corrected chi connectivity index (χ0v) is 19.3. The predicted molar refractivity (Wildman–Crippen MR) is 123 cm³/mol. The molecule has 8 nitrogen and oxygen atoms in total. The lowest BCUT2D eigenvalue weighted by Crippen LogP contribution is -2.40. The molecule has 0 aromatic heterocycles. The summed E-state index contributed by atoms with van der Waals surface area (Å²) >= 11 is 0. The fourth-order valence-corrected chi connectivity index (χ4v) is 6.26. The van der Waals surface area contributed by atoms with Gasteiger partial charge in [0.2, 0.25) is 5.91 Å². The fourth-order valence-electron chi connectivity index (χ4n) is 5.05. The zero-order valence-electron chi connectivity index (χ0n) is 18.5. The Balaban J connectivity index is 1.52. The van der Waals surface area contributed by atoms with Crippen molar-refractivity contribution in [2.24, 2.45) is 0 Å². The van der Waals surface area contributed by atoms with Crippen molar-refractivity contribution in [1.29, 1.82) is 0 Å². The van der Waals surface area contributed by atoms with Crippen LogP contribution < -0.4 is 19.5 Å². The number of ether oxygens (including phenoxy) is 2. The summed E-state index contributed by atoms with van der Waals surface area (Å²) in [5.41, 5.74) is 1.13. The number of benzene rings is 2. The number of carbonyl (C=O) groups is 1. The summed E-state index contributed by atoms with van der Waals surface area (Å²) < 4.78 is 40.5. The molecule has 0 bridgehead atoms. The number of para-hydroxylation sites is 1. The Labute approximate surface area is 193 Å². The molecule has 0 atom stereocenters. The average molecular weight is 473 g/mol. The topological polar surface area (TPSA) is 114 Å². The molecule has 2 aliphatic carbocycles. The molecule has 0 radical (unpaired) electrons. The molecule has 3 N–H and O–H groups in total. The number of aliphatic hydroxyl groups excluding tert-OH is 1. The highest BCUT2D eigenvalue weighted by Gasteiger charge is 2.52. The molecule has 2 aromatic rings. The van der Waals surface area contributed by atoms with E-state index in [0.29, 0.717) is 42.8 Å². The van der Waals surface area contributed by atoms with Crippen molar-refractivity contribution in [1.82, 2.24) is 0 Å². The zero-order chi connectivity index (χ0) is 23.2. The lowest BCUT2D eigenvalue weighted by Gasteiger charge is -2.36. The minimum absolute atomic E-state index is 0.0318. The lowest BCUT2D eigenvalue weighted by molar-refractivity contribution is -0.123. The van der Waals surface area contributed by atoms with Crippen molar-refractivity contribution >= 4 is 27.3 Å². The predicted octanol–water partition coefficient (Wildman–Crippen LogP) is 3.55. The summed E-state index contributed by atoms with van der Waals surface area (Å²) in [6.45, 7) is 0. The number of sulfonamides is 1. The van der Waals surface area contributed by atoms with E-state index in [9.17, 15) is 18.3 Å². The summed E-state index contributed by atoms with van der Waals surface area (Å²) in [7, 11) is -2.51. The first-order chi connectivity index (χ1) is 15.8. The van der Waals surface area contributed by atoms with E-state index in [2.05, 4.69) is 10.0 Å². The van der Waals surface area contributed by atoms with Gasteiger partial charge in [0.25, 0.3) is 10.0 Å². The second-order valence-corrected chi connectivity index (χ2v) is 10.7. The standard InChI is InChI=1S/C24H28N2O6S/c1-31-19-5-2-3-6-21(19)33(29,30)26-15-13-18-22(25-23(28)24(18)11-4-12-24)20(14-15)32-17-9-7-16(27)8-10-17/h2-3,5-6,13-14,16-17,26-27H,4,7-12H2,1H3,(H,25,28). The third-order valence-electron chi connectivity index (χ3n) is 7.05. The molecule has 3 aliphatic rings. The molecule has 9 heteroatoms. The number of hydrogen-bond donors (Lipinski definition) is 3. The van der Waals surface area contributed by atoms with Gasteiger partial charge in [0.1, 0.15) is 16.4 Å². The molecular formula is C24H28N2O6S. The molecule has 176 valence electrons. The molecule has 2 saturated carbocycles. The summed E-state index contributed by atoms with van der Waals surface area (Å²) in [5.74, 6) is 0.650. The van der Waals surface area contributed by atoms with Crippen LogP contribution >= 0.6 is 0 Å². The van der Waals surface area contributed by atoms with E-state index in [1.165, 1.54) is 13.2 Å². The minimum Gasteiger partial charge on any atom is -0.495 e. The summed E-state index contributed by atoms with van der Waals surface area (Å²) in [6.07, 6.45) is 4.69. The first kappa shape index (κ1) is 22.0. The molecule has 1 spiro atoms. The van der Waals surface area contributed by atoms with Crippen LogP contribution in [0.4, 0.5) is 11.4 Å². The molecule has 33 heavy (non-hydrogen) atoms. The normalized spacial score (nSPS) is 23.4. The van der Waals surface area contributed by atoms with E-state index >= 15 is 0 Å². The van der Waals surface area contributed by atoms with Crippen LogP contribution in [-0.4, -0.2) is 38.7 Å². The van der Waals surface area contributed by atoms with Gasteiger partial charge in [0, 0.05) is 6.07 Å². The second-order valence-electron chi connectivity index (χ2n) is 9.09. The van der Waals surface area contributed by atoms with Gasteiger partial charge < -0.3 is 19.9 Å². The van der Waals surface area contributed by atoms with Crippen LogP contribution in [0.3, 0.4) is 0 Å². The van der Waals surface area contributed by atoms with Crippen LogP contribution in [0.1, 0.15) is 50.5 Å². The quantitative estimate of drug-likeness (QED) is 0.593. The summed E-state index contributed by atoms with van der Waals surface area (Å²) in [5, 5.41) is 12.8. The number of hydrogen-bond acceptors (Lipinski definition) is 6. The van der Waals surface area contributed by atoms with Crippen LogP contribution in [0, 0.1) is 0 Å². The Kier molecular flexibility index (Phi) is 5.49. The molecule has 2 fully saturated rings. The van der Waals surface area contributed by atoms with Crippen molar-refractivity contribution in [2.45, 2.75) is 67.5 Å². The first-order valence-corrected chi connectivity index (χ1v) is 12.8. The van der Waals surface area contributed by atoms with Gasteiger partial charge in [-0.05, 0) is 62.3 Å². The number of amides is 1. The van der Waals surface area contributed by atoms with Gasteiger partial charge in [-0.1, -0.05) is 18.6 Å². The van der Waals surface area contributed by atoms with Gasteiger partial charge in [-0.2, -0.15) is 0 Å². The number of aliphatic hydroxyl groups is 1. The maximum Gasteiger partial charge on any atom is 0.265 e. The van der Waals surface area contributed by atoms with Crippen molar-refractivity contribution in [2.75, 3.05) is 17.1 Å². The van der Waals surface area contributed by atoms with E-state index in [4.69, 9.17) is 9.47 Å². The van der Waals surface area contributed by atoms with Crippen molar-refractivity contribution in [3.63, 3.8) is 0 Å². The van der Waals surface area contributed by atoms with Gasteiger partial charge in [-0.15, -0.1) is 0 Å². The molecule has 0 unspecified atom stereocenters. The lowest BCUT2D eigenvalue weighted by atomic mass is 9.65. The Hall–Kier alpha value is -2.78. The maximum absolute atomic E-state index is 13.2. The number of anilines is 2. The van der Waals surface area contributed by atoms with Gasteiger partial charge >= 0.3 is 0 Å². The number of nitrogens with one attached hydrogen (secondary N) is 2. The van der Waals surface area contributed by atoms with Gasteiger partial charge in [-0.25, -0.2) is 8.42 Å². The van der Waals surface area contributed by atoms with Gasteiger partial charge in [0.15, 0.2) is 0 Å². The molecule has 1 heterocycles. The number of rotatable bonds is 6. The second kappa shape index (κ2) is 8.22. The van der Waals surface area contributed by atoms with E-state index in [-0.39, 0.29) is 28.8 Å². The number of methoxy groups -OCH3 is 1. The smallest absolute Gasteiger partial charge is 0.265 e. The Bertz CT molecular complexity index is 1180. The van der Waals surface area contributed by atoms with Crippen molar-refractivity contribution in [3.8, 4) is 11.5 Å². The average Bonchev–Trinajstić information content (AvgIpc) is 3.07. The summed E-state index contributed by atoms with van der Waals surface area (Å²) in [6, 6.07) is 9.80. The molecule has 1 amide bonds. The third-order valence-corrected chi connectivity index (χ3v) is 8.47. The van der Waals surface area contributed by atoms with Crippen LogP contribution in [0.2, 0.25) is 0 Å². The van der Waals surface area contributed by atoms with Crippen molar-refractivity contribution in [3.05, 3.63) is 42.0 Å². The van der Waals surface area contributed by atoms with E-state index in [1.54, 1.807) is 30.3 Å². The first-order valence-electron chi connectivity index (χ1n) is 11.3. The number of carbonyl (C=O) groups excluding carboxylic acids is 1. The maximum atomic E-state index is 13.2. The van der Waals surface area contributed by atoms with Crippen LogP contribution in [0.25, 0.3) is 0 Å². The third kappa shape index (κ3) is 3.83. The van der Waals surface area contributed by atoms with Crippen LogP contribution in [0.5, 0.6) is 11.5 Å². The van der Waals surface area contributed by atoms with E-state index < -0.39 is 15.4 Å². The molecule has 1 aliphatic heterocycles. The molecule has 0 saturated heterocycles. The van der Waals surface area contributed by atoms with Crippen molar-refractivity contribution < 1.29 is 27.8 Å². The fraction of sp³-hybridized carbons (Fsp3) is 0.458. The summed E-state index contributed by atoms with van der Waals surface area (Å²) in [4.78, 5) is 12.9. The molecular weight excluding hydrogens is 444 g/mol. The van der Waals surface area contributed by atoms with Gasteiger partial charge in [0.05, 0.1) is 36.1 Å². The number of fused-ring (bicyclic) bond motifs is 2. The SMILES string of the molecule is COc1ccccc1S(=O)(=O)Nc1cc(OC2CCC(O)CC2)c2c(c1)C1(CCC1)C(=O)N2. The van der Waals surface area contributed by atoms with E-state index in [0.717, 1.165) is 24.8 Å². The molecule has 5 rings (SSSR count). The van der Waals surface area contributed by atoms with Crippen LogP contribution in [-0.2, 0) is 20.2 Å². The Morgan fingerprint density at radius 1 is 1.09 bits per heavy atom. The largest absolute Gasteiger partial charge is 0.495 e. The van der Waals surface area contributed by atoms with Crippen LogP contribution in [0.15, 0.2) is 41.3 Å². The highest BCUT2D eigenvalue weighted by molar-refractivity contribution is 7.92. The van der Waals surface area contributed by atoms with Gasteiger partial charge in [-0.3, -0.25) is 9.52 Å². The monoisotopic (exact) mass is 472 g/mol. The molecule has 2 aromatic carbocycles. The minimum atomic E-state index is -3.94. The Morgan fingerprint density at radius 2 is 1.82 bits per heavy atom. The van der Waals surface area contributed by atoms with E-state index in [1.807, 2.05) is 0 Å². The highest BCUT2D eigenvalue weighted by Crippen LogP contribution is 2.54.